The molecule has 0 radical (unpaired) electrons. The van der Waals surface area contributed by atoms with Crippen LogP contribution in [0.1, 0.15) is 0 Å². The number of nitrogen functional groups attached to an aromatic ring is 1. The third-order valence-electron chi connectivity index (χ3n) is 2.90. The van der Waals surface area contributed by atoms with Crippen molar-refractivity contribution in [2.75, 3.05) is 18.2 Å². The molecule has 5 nitrogen and oxygen atoms in total. The lowest BCUT2D eigenvalue weighted by Crippen LogP contribution is -1.98. The van der Waals surface area contributed by atoms with Gasteiger partial charge in [0.1, 0.15) is 16.8 Å². The van der Waals surface area contributed by atoms with E-state index < -0.39 is 0 Å². The zero-order valence-corrected chi connectivity index (χ0v) is 12.1. The Bertz CT molecular complexity index is 774. The van der Waals surface area contributed by atoms with Gasteiger partial charge in [-0.15, -0.1) is 0 Å². The minimum Gasteiger partial charge on any atom is -0.497 e. The Kier molecular flexibility index (Phi) is 3.33. The maximum atomic E-state index is 6.24. The lowest BCUT2D eigenvalue weighted by Gasteiger charge is -2.12. The van der Waals surface area contributed by atoms with Crippen molar-refractivity contribution in [3.8, 4) is 5.75 Å². The molecule has 102 valence electrons. The van der Waals surface area contributed by atoms with Crippen LogP contribution < -0.4 is 15.8 Å². The Morgan fingerprint density at radius 3 is 2.90 bits per heavy atom. The number of nitrogens with zero attached hydrogens (tertiary/aromatic N) is 2. The fraction of sp³-hybridized carbons (Fsp3) is 0.0769. The van der Waals surface area contributed by atoms with Gasteiger partial charge in [0, 0.05) is 6.07 Å². The number of rotatable bonds is 3. The monoisotopic (exact) mass is 306 g/mol. The van der Waals surface area contributed by atoms with Gasteiger partial charge in [-0.25, -0.2) is 0 Å². The molecular weight excluding hydrogens is 296 g/mol. The molecule has 0 fully saturated rings. The van der Waals surface area contributed by atoms with Gasteiger partial charge in [0.15, 0.2) is 0 Å². The van der Waals surface area contributed by atoms with Crippen molar-refractivity contribution in [2.45, 2.75) is 0 Å². The van der Waals surface area contributed by atoms with E-state index in [2.05, 4.69) is 14.1 Å². The van der Waals surface area contributed by atoms with E-state index in [0.717, 1.165) is 22.8 Å². The summed E-state index contributed by atoms with van der Waals surface area (Å²) in [4.78, 5) is 0. The number of halogens is 1. The summed E-state index contributed by atoms with van der Waals surface area (Å²) in [5.74, 6) is 0.710. The van der Waals surface area contributed by atoms with E-state index in [-0.39, 0.29) is 0 Å². The van der Waals surface area contributed by atoms with Gasteiger partial charge < -0.3 is 15.8 Å². The Morgan fingerprint density at radius 2 is 2.10 bits per heavy atom. The Labute approximate surface area is 124 Å². The predicted octanol–water partition coefficient (Wildman–Crippen LogP) is 3.68. The van der Waals surface area contributed by atoms with Gasteiger partial charge in [0.25, 0.3) is 0 Å². The van der Waals surface area contributed by atoms with E-state index in [9.17, 15) is 0 Å². The quantitative estimate of drug-likeness (QED) is 0.722. The molecule has 7 heteroatoms. The molecule has 0 bridgehead atoms. The molecule has 3 aromatic rings. The summed E-state index contributed by atoms with van der Waals surface area (Å²) in [6.07, 6.45) is 0. The third-order valence-corrected chi connectivity index (χ3v) is 3.75. The first-order valence-corrected chi connectivity index (χ1v) is 6.91. The van der Waals surface area contributed by atoms with Gasteiger partial charge in [-0.1, -0.05) is 11.6 Å². The molecule has 0 saturated carbocycles. The molecule has 0 amide bonds. The number of aromatic nitrogens is 2. The molecule has 0 spiro atoms. The number of methoxy groups -OCH3 is 1. The summed E-state index contributed by atoms with van der Waals surface area (Å²) in [5.41, 5.74) is 9.49. The lowest BCUT2D eigenvalue weighted by atomic mass is 10.2. The molecule has 3 rings (SSSR count). The number of nitrogens with two attached hydrogens (primary N) is 1. The van der Waals surface area contributed by atoms with E-state index in [1.54, 1.807) is 25.3 Å². The molecule has 3 N–H and O–H groups in total. The fourth-order valence-electron chi connectivity index (χ4n) is 1.85. The average Bonchev–Trinajstić information content (AvgIpc) is 2.92. The van der Waals surface area contributed by atoms with Gasteiger partial charge in [0.2, 0.25) is 0 Å². The number of anilines is 3. The van der Waals surface area contributed by atoms with E-state index in [4.69, 9.17) is 22.1 Å². The first kappa shape index (κ1) is 13.0. The van der Waals surface area contributed by atoms with Gasteiger partial charge in [-0.3, -0.25) is 0 Å². The summed E-state index contributed by atoms with van der Waals surface area (Å²) >= 11 is 7.38. The summed E-state index contributed by atoms with van der Waals surface area (Å²) in [5, 5.41) is 3.77. The second kappa shape index (κ2) is 5.15. The van der Waals surface area contributed by atoms with Gasteiger partial charge >= 0.3 is 0 Å². The zero-order valence-electron chi connectivity index (χ0n) is 10.6. The van der Waals surface area contributed by atoms with Crippen LogP contribution in [-0.4, -0.2) is 15.9 Å². The molecule has 0 unspecified atom stereocenters. The lowest BCUT2D eigenvalue weighted by molar-refractivity contribution is 0.415. The van der Waals surface area contributed by atoms with Crippen molar-refractivity contribution in [1.29, 1.82) is 0 Å². The smallest absolute Gasteiger partial charge is 0.129 e. The van der Waals surface area contributed by atoms with Gasteiger partial charge in [-0.2, -0.15) is 8.75 Å². The van der Waals surface area contributed by atoms with Crippen molar-refractivity contribution < 1.29 is 4.74 Å². The SMILES string of the molecule is COc1ccc(N)c(Nc2c(Cl)ccc3nsnc23)c1. The largest absolute Gasteiger partial charge is 0.497 e. The van der Waals surface area contributed by atoms with Crippen molar-refractivity contribution in [3.05, 3.63) is 35.4 Å². The normalized spacial score (nSPS) is 10.7. The zero-order chi connectivity index (χ0) is 14.1. The van der Waals surface area contributed by atoms with E-state index >= 15 is 0 Å². The van der Waals surface area contributed by atoms with Crippen molar-refractivity contribution >= 4 is 51.4 Å². The molecule has 0 atom stereocenters. The minimum absolute atomic E-state index is 0.562. The highest BCUT2D eigenvalue weighted by Gasteiger charge is 2.12. The van der Waals surface area contributed by atoms with Crippen molar-refractivity contribution in [2.24, 2.45) is 0 Å². The van der Waals surface area contributed by atoms with Crippen molar-refractivity contribution in [1.82, 2.24) is 8.75 Å². The molecule has 0 aliphatic rings. The van der Waals surface area contributed by atoms with Crippen LogP contribution in [0.5, 0.6) is 5.75 Å². The van der Waals surface area contributed by atoms with Crippen LogP contribution in [0.3, 0.4) is 0 Å². The number of ether oxygens (including phenoxy) is 1. The maximum Gasteiger partial charge on any atom is 0.129 e. The number of hydrogen-bond donors (Lipinski definition) is 2. The highest BCUT2D eigenvalue weighted by molar-refractivity contribution is 7.00. The summed E-state index contributed by atoms with van der Waals surface area (Å²) in [7, 11) is 1.60. The maximum absolute atomic E-state index is 6.24. The first-order valence-electron chi connectivity index (χ1n) is 5.80. The molecule has 0 aliphatic carbocycles. The van der Waals surface area contributed by atoms with E-state index in [1.807, 2.05) is 12.1 Å². The van der Waals surface area contributed by atoms with E-state index in [1.165, 1.54) is 0 Å². The molecule has 0 saturated heterocycles. The number of fused-ring (bicyclic) bond motifs is 1. The molecule has 0 aliphatic heterocycles. The molecular formula is C13H11ClN4OS. The van der Waals surface area contributed by atoms with Crippen LogP contribution in [0.4, 0.5) is 17.1 Å². The summed E-state index contributed by atoms with van der Waals surface area (Å²) in [6, 6.07) is 9.00. The Balaban J connectivity index is 2.09. The fourth-order valence-corrected chi connectivity index (χ4v) is 2.59. The summed E-state index contributed by atoms with van der Waals surface area (Å²) < 4.78 is 13.6. The first-order chi connectivity index (χ1) is 9.69. The average molecular weight is 307 g/mol. The van der Waals surface area contributed by atoms with Crippen LogP contribution in [0.25, 0.3) is 11.0 Å². The number of benzene rings is 2. The Morgan fingerprint density at radius 1 is 1.25 bits per heavy atom. The van der Waals surface area contributed by atoms with Gasteiger partial charge in [0.05, 0.1) is 40.9 Å². The standard InChI is InChI=1S/C13H11ClN4OS/c1-19-7-2-4-9(15)11(6-7)16-12-8(14)3-5-10-13(12)18-20-17-10/h2-6,16H,15H2,1H3. The molecule has 20 heavy (non-hydrogen) atoms. The second-order valence-electron chi connectivity index (χ2n) is 4.13. The van der Waals surface area contributed by atoms with Crippen LogP contribution in [0.2, 0.25) is 5.02 Å². The topological polar surface area (TPSA) is 73.1 Å². The van der Waals surface area contributed by atoms with Gasteiger partial charge in [-0.05, 0) is 24.3 Å². The van der Waals surface area contributed by atoms with E-state index in [0.29, 0.717) is 27.8 Å². The van der Waals surface area contributed by atoms with Crippen LogP contribution >= 0.6 is 23.3 Å². The van der Waals surface area contributed by atoms with Crippen LogP contribution in [-0.2, 0) is 0 Å². The minimum atomic E-state index is 0.562. The molecule has 2 aromatic carbocycles. The summed E-state index contributed by atoms with van der Waals surface area (Å²) in [6.45, 7) is 0. The molecule has 1 heterocycles. The molecule has 1 aromatic heterocycles. The highest BCUT2D eigenvalue weighted by Crippen LogP contribution is 2.35. The Hall–Kier alpha value is -2.05. The second-order valence-corrected chi connectivity index (χ2v) is 5.07. The predicted molar refractivity (Wildman–Crippen MR) is 83.1 cm³/mol. The van der Waals surface area contributed by atoms with Crippen molar-refractivity contribution in [3.63, 3.8) is 0 Å². The van der Waals surface area contributed by atoms with Crippen LogP contribution in [0, 0.1) is 0 Å². The number of hydrogen-bond acceptors (Lipinski definition) is 6. The highest BCUT2D eigenvalue weighted by atomic mass is 35.5. The number of nitrogens with one attached hydrogen (secondary N) is 1. The third kappa shape index (κ3) is 2.23. The van der Waals surface area contributed by atoms with Crippen LogP contribution in [0.15, 0.2) is 30.3 Å².